The summed E-state index contributed by atoms with van der Waals surface area (Å²) in [5.74, 6) is 0. The van der Waals surface area contributed by atoms with Crippen LogP contribution in [0.1, 0.15) is 11.1 Å². The number of rotatable bonds is 1. The van der Waals surface area contributed by atoms with Crippen molar-refractivity contribution in [2.75, 3.05) is 7.05 Å². The van der Waals surface area contributed by atoms with Gasteiger partial charge in [-0.3, -0.25) is 5.01 Å². The van der Waals surface area contributed by atoms with Gasteiger partial charge in [0.1, 0.15) is 0 Å². The van der Waals surface area contributed by atoms with Crippen molar-refractivity contribution in [1.82, 2.24) is 5.01 Å². The molecule has 0 saturated heterocycles. The van der Waals surface area contributed by atoms with Crippen molar-refractivity contribution >= 4 is 22.6 Å². The van der Waals surface area contributed by atoms with Crippen molar-refractivity contribution in [3.05, 3.63) is 40.8 Å². The Morgan fingerprint density at radius 2 is 2.06 bits per heavy atom. The number of benzene rings is 1. The van der Waals surface area contributed by atoms with Gasteiger partial charge in [-0.1, -0.05) is 23.9 Å². The Balaban J connectivity index is 2.29. The molecule has 16 heavy (non-hydrogen) atoms. The van der Waals surface area contributed by atoms with Gasteiger partial charge in [0.2, 0.25) is 0 Å². The van der Waals surface area contributed by atoms with Crippen molar-refractivity contribution in [1.29, 1.82) is 5.26 Å². The first-order chi connectivity index (χ1) is 7.70. The quantitative estimate of drug-likeness (QED) is 0.798. The summed E-state index contributed by atoms with van der Waals surface area (Å²) in [7, 11) is 1.84. The second-order valence-electron chi connectivity index (χ2n) is 3.27. The molecule has 1 aromatic rings. The molecule has 4 nitrogen and oxygen atoms in total. The molecule has 5 heteroatoms. The van der Waals surface area contributed by atoms with Gasteiger partial charge in [-0.2, -0.15) is 5.26 Å². The normalized spacial score (nSPS) is 15.1. The Bertz CT molecular complexity index is 496. The Morgan fingerprint density at radius 3 is 2.62 bits per heavy atom. The largest absolute Gasteiger partial charge is 0.377 e. The third-order valence-corrected chi connectivity index (χ3v) is 2.86. The summed E-state index contributed by atoms with van der Waals surface area (Å²) in [6.07, 6.45) is 0. The van der Waals surface area contributed by atoms with Gasteiger partial charge >= 0.3 is 0 Å². The topological polar surface area (TPSA) is 65.4 Å². The standard InChI is InChI=1S/C11H10N4S/c1-15-10(7-16-11(13)14-15)9-4-2-8(6-12)3-5-9/h2-5,7H,1H3,(H2,13,14). The van der Waals surface area contributed by atoms with E-state index in [2.05, 4.69) is 11.2 Å². The van der Waals surface area contributed by atoms with Crippen LogP contribution in [0.5, 0.6) is 0 Å². The van der Waals surface area contributed by atoms with Crippen molar-refractivity contribution in [2.24, 2.45) is 10.8 Å². The maximum Gasteiger partial charge on any atom is 0.182 e. The zero-order chi connectivity index (χ0) is 11.5. The molecule has 0 saturated carbocycles. The van der Waals surface area contributed by atoms with Gasteiger partial charge in [0.25, 0.3) is 0 Å². The maximum absolute atomic E-state index is 8.71. The number of thioether (sulfide) groups is 1. The van der Waals surface area contributed by atoms with Gasteiger partial charge in [-0.15, -0.1) is 5.10 Å². The molecule has 2 N–H and O–H groups in total. The van der Waals surface area contributed by atoms with E-state index < -0.39 is 0 Å². The van der Waals surface area contributed by atoms with E-state index in [4.69, 9.17) is 11.0 Å². The molecule has 0 atom stereocenters. The summed E-state index contributed by atoms with van der Waals surface area (Å²) in [6, 6.07) is 9.47. The van der Waals surface area contributed by atoms with E-state index in [0.717, 1.165) is 11.3 Å². The van der Waals surface area contributed by atoms with Crippen LogP contribution in [0.4, 0.5) is 0 Å². The number of hydrogen-bond acceptors (Lipinski definition) is 5. The van der Waals surface area contributed by atoms with Crippen LogP contribution in [0.3, 0.4) is 0 Å². The molecule has 2 rings (SSSR count). The second-order valence-corrected chi connectivity index (χ2v) is 4.16. The van der Waals surface area contributed by atoms with Crippen molar-refractivity contribution in [3.63, 3.8) is 0 Å². The minimum atomic E-state index is 0.528. The summed E-state index contributed by atoms with van der Waals surface area (Å²) >= 11 is 1.39. The minimum absolute atomic E-state index is 0.528. The van der Waals surface area contributed by atoms with E-state index in [-0.39, 0.29) is 0 Å². The Hall–Kier alpha value is -1.93. The number of hydrogen-bond donors (Lipinski definition) is 1. The van der Waals surface area contributed by atoms with E-state index >= 15 is 0 Å². The van der Waals surface area contributed by atoms with Crippen LogP contribution in [0.2, 0.25) is 0 Å². The summed E-state index contributed by atoms with van der Waals surface area (Å²) in [5, 5.41) is 17.1. The molecule has 80 valence electrons. The first-order valence-electron chi connectivity index (χ1n) is 4.66. The van der Waals surface area contributed by atoms with E-state index in [0.29, 0.717) is 10.7 Å². The molecule has 0 aliphatic carbocycles. The lowest BCUT2D eigenvalue weighted by atomic mass is 10.1. The molecule has 0 fully saturated rings. The molecule has 1 aromatic carbocycles. The molecular formula is C11H10N4S. The molecule has 1 aliphatic rings. The zero-order valence-electron chi connectivity index (χ0n) is 8.71. The fourth-order valence-corrected chi connectivity index (χ4v) is 2.08. The Kier molecular flexibility index (Phi) is 2.84. The number of amidine groups is 1. The average molecular weight is 230 g/mol. The van der Waals surface area contributed by atoms with Gasteiger partial charge in [0.15, 0.2) is 5.17 Å². The fourth-order valence-electron chi connectivity index (χ4n) is 1.39. The average Bonchev–Trinajstić information content (AvgIpc) is 2.29. The third kappa shape index (κ3) is 2.02. The minimum Gasteiger partial charge on any atom is -0.377 e. The van der Waals surface area contributed by atoms with Crippen LogP contribution >= 0.6 is 11.8 Å². The van der Waals surface area contributed by atoms with Gasteiger partial charge in [0, 0.05) is 18.0 Å². The monoisotopic (exact) mass is 230 g/mol. The number of nitriles is 1. The lowest BCUT2D eigenvalue weighted by Gasteiger charge is -2.21. The molecule has 1 aliphatic heterocycles. The summed E-state index contributed by atoms with van der Waals surface area (Å²) in [4.78, 5) is 0. The van der Waals surface area contributed by atoms with Gasteiger partial charge < -0.3 is 5.73 Å². The fraction of sp³-hybridized carbons (Fsp3) is 0.0909. The van der Waals surface area contributed by atoms with Crippen LogP contribution in [-0.2, 0) is 0 Å². The summed E-state index contributed by atoms with van der Waals surface area (Å²) < 4.78 is 0. The molecule has 0 amide bonds. The first-order valence-corrected chi connectivity index (χ1v) is 5.54. The number of hydrazone groups is 1. The molecule has 0 unspecified atom stereocenters. The molecular weight excluding hydrogens is 220 g/mol. The summed E-state index contributed by atoms with van der Waals surface area (Å²) in [6.45, 7) is 0. The van der Waals surface area contributed by atoms with Crippen LogP contribution in [0.25, 0.3) is 5.70 Å². The summed E-state index contributed by atoms with van der Waals surface area (Å²) in [5.41, 5.74) is 8.24. The van der Waals surface area contributed by atoms with Crippen molar-refractivity contribution in [2.45, 2.75) is 0 Å². The van der Waals surface area contributed by atoms with E-state index in [1.165, 1.54) is 11.8 Å². The molecule has 0 radical (unpaired) electrons. The highest BCUT2D eigenvalue weighted by molar-refractivity contribution is 8.16. The van der Waals surface area contributed by atoms with Gasteiger partial charge in [-0.05, 0) is 12.1 Å². The zero-order valence-corrected chi connectivity index (χ0v) is 9.53. The highest BCUT2D eigenvalue weighted by Crippen LogP contribution is 2.26. The van der Waals surface area contributed by atoms with Crippen LogP contribution < -0.4 is 5.73 Å². The van der Waals surface area contributed by atoms with Crippen LogP contribution in [-0.4, -0.2) is 17.2 Å². The molecule has 1 heterocycles. The Labute approximate surface area is 98.0 Å². The smallest absolute Gasteiger partial charge is 0.182 e. The van der Waals surface area contributed by atoms with E-state index in [1.807, 2.05) is 24.6 Å². The third-order valence-electron chi connectivity index (χ3n) is 2.20. The molecule has 0 bridgehead atoms. The SMILES string of the molecule is CN1N=C(N)SC=C1c1ccc(C#N)cc1. The highest BCUT2D eigenvalue weighted by Gasteiger charge is 2.12. The predicted octanol–water partition coefficient (Wildman–Crippen LogP) is 1.76. The molecule has 0 aromatic heterocycles. The van der Waals surface area contributed by atoms with E-state index in [9.17, 15) is 0 Å². The second kappa shape index (κ2) is 4.29. The van der Waals surface area contributed by atoms with Gasteiger partial charge in [0.05, 0.1) is 17.3 Å². The number of nitrogens with two attached hydrogens (primary N) is 1. The highest BCUT2D eigenvalue weighted by atomic mass is 32.2. The molecule has 0 spiro atoms. The lowest BCUT2D eigenvalue weighted by Crippen LogP contribution is -2.19. The van der Waals surface area contributed by atoms with Gasteiger partial charge in [-0.25, -0.2) is 0 Å². The first kappa shape index (κ1) is 10.6. The van der Waals surface area contributed by atoms with Crippen molar-refractivity contribution in [3.8, 4) is 6.07 Å². The maximum atomic E-state index is 8.71. The van der Waals surface area contributed by atoms with Crippen LogP contribution in [0.15, 0.2) is 34.8 Å². The number of nitrogens with zero attached hydrogens (tertiary/aromatic N) is 3. The lowest BCUT2D eigenvalue weighted by molar-refractivity contribution is 0.517. The predicted molar refractivity (Wildman–Crippen MR) is 66.1 cm³/mol. The van der Waals surface area contributed by atoms with Crippen molar-refractivity contribution < 1.29 is 0 Å². The Morgan fingerprint density at radius 1 is 1.38 bits per heavy atom. The van der Waals surface area contributed by atoms with Crippen LogP contribution in [0, 0.1) is 11.3 Å². The van der Waals surface area contributed by atoms with E-state index in [1.54, 1.807) is 17.1 Å².